The number of aromatic nitrogens is 2. The van der Waals surface area contributed by atoms with Crippen LogP contribution in [0, 0.1) is 6.92 Å². The van der Waals surface area contributed by atoms with Crippen molar-refractivity contribution < 1.29 is 14.6 Å². The summed E-state index contributed by atoms with van der Waals surface area (Å²) in [6, 6.07) is 28.0. The summed E-state index contributed by atoms with van der Waals surface area (Å²) in [6.45, 7) is 1.43. The van der Waals surface area contributed by atoms with Gasteiger partial charge < -0.3 is 14.6 Å². The number of aliphatic hydroxyl groups is 1. The van der Waals surface area contributed by atoms with Gasteiger partial charge in [0.1, 0.15) is 24.0 Å². The molecule has 1 aliphatic heterocycles. The molecule has 3 aromatic carbocycles. The Kier molecular flexibility index (Phi) is 7.44. The Morgan fingerprint density at radius 1 is 0.974 bits per heavy atom. The molecule has 0 unspecified atom stereocenters. The fraction of sp³-hybridized carbons (Fsp3) is 0.241. The van der Waals surface area contributed by atoms with E-state index in [4.69, 9.17) is 9.47 Å². The summed E-state index contributed by atoms with van der Waals surface area (Å²) in [5.41, 5.74) is 9.71. The Hall–Kier alpha value is -4.47. The van der Waals surface area contributed by atoms with Crippen molar-refractivity contribution in [2.75, 3.05) is 6.61 Å². The zero-order valence-electron chi connectivity index (χ0n) is 21.1. The summed E-state index contributed by atoms with van der Waals surface area (Å²) in [6.07, 6.45) is -2.07. The number of benzene rings is 3. The molecule has 2 heterocycles. The molecular formula is C29H27N5O5. The van der Waals surface area contributed by atoms with Gasteiger partial charge in [0.25, 0.3) is 5.56 Å². The lowest BCUT2D eigenvalue weighted by Crippen LogP contribution is -2.39. The second-order valence-corrected chi connectivity index (χ2v) is 9.32. The van der Waals surface area contributed by atoms with E-state index in [-0.39, 0.29) is 12.2 Å². The fourth-order valence-corrected chi connectivity index (χ4v) is 5.03. The quantitative estimate of drug-likeness (QED) is 0.156. The van der Waals surface area contributed by atoms with Crippen molar-refractivity contribution in [1.29, 1.82) is 0 Å². The molecule has 4 aromatic rings. The molecule has 39 heavy (non-hydrogen) atoms. The van der Waals surface area contributed by atoms with Gasteiger partial charge in [0.15, 0.2) is 0 Å². The lowest BCUT2D eigenvalue weighted by atomic mass is 9.80. The van der Waals surface area contributed by atoms with E-state index in [1.54, 1.807) is 0 Å². The van der Waals surface area contributed by atoms with Crippen LogP contribution in [0.2, 0.25) is 0 Å². The molecule has 10 nitrogen and oxygen atoms in total. The second kappa shape index (κ2) is 11.1. The molecular weight excluding hydrogens is 498 g/mol. The van der Waals surface area contributed by atoms with Gasteiger partial charge in [0.2, 0.25) is 0 Å². The summed E-state index contributed by atoms with van der Waals surface area (Å²) in [5.74, 6) is 0. The molecule has 0 bridgehead atoms. The standard InChI is InChI=1S/C29H27N5O5/c1-19-17-34(28(37)31-26(19)36)27-24(32-33-30)25(35)23(39-27)18-38-29(20-11-5-2-6-12-20,21-13-7-3-8-14-21)22-15-9-4-10-16-22/h2-17,23-25,27,35H,18H2,1H3,(H,31,36,37)/t23-,24-,25-,27-/m1/s1. The van der Waals surface area contributed by atoms with Crippen molar-refractivity contribution in [3.05, 3.63) is 151 Å². The van der Waals surface area contributed by atoms with E-state index in [1.165, 1.54) is 13.1 Å². The number of aliphatic hydroxyl groups excluding tert-OH is 1. The molecule has 0 aliphatic carbocycles. The maximum absolute atomic E-state index is 12.6. The van der Waals surface area contributed by atoms with E-state index >= 15 is 0 Å². The summed E-state index contributed by atoms with van der Waals surface area (Å²) < 4.78 is 14.0. The molecule has 1 saturated heterocycles. The number of H-pyrrole nitrogens is 1. The predicted molar refractivity (Wildman–Crippen MR) is 144 cm³/mol. The van der Waals surface area contributed by atoms with Gasteiger partial charge in [-0.05, 0) is 29.1 Å². The third-order valence-electron chi connectivity index (χ3n) is 6.95. The Bertz CT molecular complexity index is 1490. The Morgan fingerprint density at radius 2 is 1.49 bits per heavy atom. The first-order chi connectivity index (χ1) is 19.0. The summed E-state index contributed by atoms with van der Waals surface area (Å²) in [4.78, 5) is 29.6. The molecule has 1 aliphatic rings. The van der Waals surface area contributed by atoms with Gasteiger partial charge in [-0.15, -0.1) is 0 Å². The second-order valence-electron chi connectivity index (χ2n) is 9.32. The minimum Gasteiger partial charge on any atom is -0.390 e. The van der Waals surface area contributed by atoms with E-state index in [1.807, 2.05) is 91.0 Å². The first-order valence-corrected chi connectivity index (χ1v) is 12.5. The van der Waals surface area contributed by atoms with Crippen LogP contribution in [0.25, 0.3) is 10.4 Å². The van der Waals surface area contributed by atoms with Gasteiger partial charge in [0, 0.05) is 16.7 Å². The van der Waals surface area contributed by atoms with Crippen LogP contribution in [-0.4, -0.2) is 39.5 Å². The normalized spacial score (nSPS) is 20.9. The maximum atomic E-state index is 12.6. The van der Waals surface area contributed by atoms with Gasteiger partial charge in [-0.3, -0.25) is 14.3 Å². The minimum absolute atomic E-state index is 0.106. The molecule has 5 rings (SSSR count). The van der Waals surface area contributed by atoms with Gasteiger partial charge in [-0.25, -0.2) is 4.79 Å². The molecule has 4 atom stereocenters. The number of ether oxygens (including phenoxy) is 2. The first kappa shape index (κ1) is 26.1. The zero-order valence-corrected chi connectivity index (χ0v) is 21.1. The third kappa shape index (κ3) is 4.89. The van der Waals surface area contributed by atoms with Crippen molar-refractivity contribution >= 4 is 0 Å². The van der Waals surface area contributed by atoms with Crippen molar-refractivity contribution in [2.24, 2.45) is 5.11 Å². The largest absolute Gasteiger partial charge is 0.390 e. The van der Waals surface area contributed by atoms with Crippen LogP contribution in [0.1, 0.15) is 28.5 Å². The van der Waals surface area contributed by atoms with Crippen LogP contribution in [0.15, 0.2) is 112 Å². The molecule has 10 heteroatoms. The van der Waals surface area contributed by atoms with Crippen LogP contribution in [0.3, 0.4) is 0 Å². The lowest BCUT2D eigenvalue weighted by Gasteiger charge is -2.37. The van der Waals surface area contributed by atoms with E-state index in [0.717, 1.165) is 21.3 Å². The molecule has 0 saturated carbocycles. The molecule has 0 spiro atoms. The van der Waals surface area contributed by atoms with Gasteiger partial charge in [-0.1, -0.05) is 96.1 Å². The minimum atomic E-state index is -1.29. The Morgan fingerprint density at radius 3 is 1.97 bits per heavy atom. The number of nitrogens with one attached hydrogen (secondary N) is 1. The zero-order chi connectivity index (χ0) is 27.4. The van der Waals surface area contributed by atoms with Gasteiger partial charge in [0.05, 0.1) is 12.7 Å². The van der Waals surface area contributed by atoms with E-state index in [0.29, 0.717) is 0 Å². The SMILES string of the molecule is Cc1cn([C@@H]2O[C@H](COC(c3ccccc3)(c3ccccc3)c3ccccc3)[C@@H](O)[C@H]2N=[N+]=[N-])c(=O)[nH]c1=O. The highest BCUT2D eigenvalue weighted by molar-refractivity contribution is 5.47. The third-order valence-corrected chi connectivity index (χ3v) is 6.95. The lowest BCUT2D eigenvalue weighted by molar-refractivity contribution is -0.0945. The van der Waals surface area contributed by atoms with Crippen LogP contribution in [-0.2, 0) is 15.1 Å². The van der Waals surface area contributed by atoms with Crippen LogP contribution in [0.5, 0.6) is 0 Å². The average molecular weight is 526 g/mol. The maximum Gasteiger partial charge on any atom is 0.330 e. The number of aromatic amines is 1. The van der Waals surface area contributed by atoms with E-state index < -0.39 is 41.3 Å². The monoisotopic (exact) mass is 525 g/mol. The number of aryl methyl sites for hydroxylation is 1. The fourth-order valence-electron chi connectivity index (χ4n) is 5.03. The van der Waals surface area contributed by atoms with Crippen molar-refractivity contribution in [1.82, 2.24) is 9.55 Å². The highest BCUT2D eigenvalue weighted by atomic mass is 16.6. The van der Waals surface area contributed by atoms with E-state index in [9.17, 15) is 20.2 Å². The van der Waals surface area contributed by atoms with Crippen LogP contribution >= 0.6 is 0 Å². The number of hydrogen-bond acceptors (Lipinski definition) is 6. The van der Waals surface area contributed by atoms with Crippen LogP contribution in [0.4, 0.5) is 0 Å². The predicted octanol–water partition coefficient (Wildman–Crippen LogP) is 3.79. The highest BCUT2D eigenvalue weighted by Crippen LogP contribution is 2.41. The van der Waals surface area contributed by atoms with E-state index in [2.05, 4.69) is 15.0 Å². The van der Waals surface area contributed by atoms with Crippen molar-refractivity contribution in [3.63, 3.8) is 0 Å². The molecule has 198 valence electrons. The van der Waals surface area contributed by atoms with Gasteiger partial charge in [-0.2, -0.15) is 0 Å². The smallest absolute Gasteiger partial charge is 0.330 e. The Labute approximate surface area is 223 Å². The number of azide groups is 1. The summed E-state index contributed by atoms with van der Waals surface area (Å²) in [5, 5.41) is 14.9. The molecule has 1 aromatic heterocycles. The first-order valence-electron chi connectivity index (χ1n) is 12.5. The molecule has 0 radical (unpaired) electrons. The summed E-state index contributed by atoms with van der Waals surface area (Å²) >= 11 is 0. The van der Waals surface area contributed by atoms with Crippen molar-refractivity contribution in [2.45, 2.75) is 37.0 Å². The van der Waals surface area contributed by atoms with Crippen LogP contribution < -0.4 is 11.2 Å². The molecule has 1 fully saturated rings. The number of hydrogen-bond donors (Lipinski definition) is 2. The van der Waals surface area contributed by atoms with Gasteiger partial charge >= 0.3 is 5.69 Å². The number of nitrogens with zero attached hydrogens (tertiary/aromatic N) is 4. The topological polar surface area (TPSA) is 142 Å². The summed E-state index contributed by atoms with van der Waals surface area (Å²) in [7, 11) is 0. The highest BCUT2D eigenvalue weighted by Gasteiger charge is 2.47. The van der Waals surface area contributed by atoms with Crippen molar-refractivity contribution in [3.8, 4) is 0 Å². The molecule has 0 amide bonds. The Balaban J connectivity index is 1.56. The number of rotatable bonds is 8. The molecule has 2 N–H and O–H groups in total. The average Bonchev–Trinajstić information content (AvgIpc) is 3.27.